The fourth-order valence-corrected chi connectivity index (χ4v) is 4.42. The molecule has 5 N–H and O–H groups in total. The van der Waals surface area contributed by atoms with Crippen molar-refractivity contribution in [3.05, 3.63) is 59.2 Å². The van der Waals surface area contributed by atoms with Crippen LogP contribution in [-0.4, -0.2) is 35.5 Å². The van der Waals surface area contributed by atoms with Gasteiger partial charge < -0.3 is 26.2 Å². The van der Waals surface area contributed by atoms with Crippen LogP contribution < -0.4 is 21.1 Å². The summed E-state index contributed by atoms with van der Waals surface area (Å²) in [6.07, 6.45) is 6.20. The van der Waals surface area contributed by atoms with E-state index >= 15 is 0 Å². The lowest BCUT2D eigenvalue weighted by Crippen LogP contribution is -2.48. The number of amides is 3. The number of phenolic OH excluding ortho intramolecular Hbond substituents is 1. The van der Waals surface area contributed by atoms with Gasteiger partial charge in [-0.1, -0.05) is 37.5 Å². The Hall–Kier alpha value is -3.55. The monoisotopic (exact) mass is 481 g/mol. The quantitative estimate of drug-likeness (QED) is 0.413. The summed E-state index contributed by atoms with van der Waals surface area (Å²) in [5, 5.41) is 15.1. The predicted octanol–water partition coefficient (Wildman–Crippen LogP) is 3.37. The maximum atomic E-state index is 13.0. The summed E-state index contributed by atoms with van der Waals surface area (Å²) in [6, 6.07) is 10.4. The van der Waals surface area contributed by atoms with E-state index in [-0.39, 0.29) is 29.5 Å². The molecule has 2 aromatic rings. The topological polar surface area (TPSA) is 131 Å². The van der Waals surface area contributed by atoms with E-state index < -0.39 is 18.0 Å². The van der Waals surface area contributed by atoms with E-state index in [1.807, 2.05) is 0 Å². The minimum absolute atomic E-state index is 0.124. The summed E-state index contributed by atoms with van der Waals surface area (Å²) in [5.41, 5.74) is 7.39. The van der Waals surface area contributed by atoms with Crippen molar-refractivity contribution in [2.75, 3.05) is 6.61 Å². The number of nitrogens with two attached hydrogens (primary N) is 1. The first-order valence-electron chi connectivity index (χ1n) is 12.1. The molecule has 2 atom stereocenters. The van der Waals surface area contributed by atoms with Crippen molar-refractivity contribution < 1.29 is 24.2 Å². The molecule has 1 fully saturated rings. The predicted molar refractivity (Wildman–Crippen MR) is 133 cm³/mol. The third-order valence-electron chi connectivity index (χ3n) is 6.40. The van der Waals surface area contributed by atoms with Gasteiger partial charge in [0, 0.05) is 13.3 Å². The third kappa shape index (κ3) is 7.73. The van der Waals surface area contributed by atoms with Crippen LogP contribution in [0.2, 0.25) is 0 Å². The molecule has 3 rings (SSSR count). The second kappa shape index (κ2) is 12.2. The van der Waals surface area contributed by atoms with Crippen LogP contribution in [0.15, 0.2) is 42.5 Å². The number of rotatable bonds is 10. The number of nitrogens with one attached hydrogen (secondary N) is 2. The van der Waals surface area contributed by atoms with Gasteiger partial charge >= 0.3 is 0 Å². The zero-order valence-corrected chi connectivity index (χ0v) is 20.4. The van der Waals surface area contributed by atoms with Gasteiger partial charge in [-0.15, -0.1) is 0 Å². The average Bonchev–Trinajstić information content (AvgIpc) is 2.83. The van der Waals surface area contributed by atoms with E-state index in [9.17, 15) is 19.5 Å². The van der Waals surface area contributed by atoms with Crippen molar-refractivity contribution in [1.29, 1.82) is 0 Å². The standard InChI is InChI=1S/C27H35N3O5/c1-17(29-27(34)24(30-18(2)31)14-19-8-11-22(32)12-9-19)21-10-13-25(23(15-21)26(28)33)35-16-20-6-4-3-5-7-20/h8-13,15,17,20,24,32H,3-7,14,16H2,1-2H3,(H2,28,33)(H,29,34)(H,30,31)/t17?,24-/m0/s1. The molecular formula is C27H35N3O5. The van der Waals surface area contributed by atoms with Gasteiger partial charge in [-0.2, -0.15) is 0 Å². The van der Waals surface area contributed by atoms with Crippen LogP contribution in [0.25, 0.3) is 0 Å². The smallest absolute Gasteiger partial charge is 0.252 e. The van der Waals surface area contributed by atoms with Crippen molar-refractivity contribution in [2.45, 2.75) is 64.5 Å². The van der Waals surface area contributed by atoms with Gasteiger partial charge in [-0.25, -0.2) is 0 Å². The Morgan fingerprint density at radius 1 is 1.06 bits per heavy atom. The number of aromatic hydroxyl groups is 1. The highest BCUT2D eigenvalue weighted by atomic mass is 16.5. The Labute approximate surface area is 206 Å². The van der Waals surface area contributed by atoms with E-state index in [1.54, 1.807) is 37.3 Å². The summed E-state index contributed by atoms with van der Waals surface area (Å²) < 4.78 is 5.96. The molecule has 8 heteroatoms. The molecular weight excluding hydrogens is 446 g/mol. The molecule has 8 nitrogen and oxygen atoms in total. The Morgan fingerprint density at radius 2 is 1.74 bits per heavy atom. The average molecular weight is 482 g/mol. The summed E-state index contributed by atoms with van der Waals surface area (Å²) in [6.45, 7) is 3.71. The van der Waals surface area contributed by atoms with Crippen LogP contribution >= 0.6 is 0 Å². The molecule has 1 saturated carbocycles. The van der Waals surface area contributed by atoms with Crippen molar-refractivity contribution in [3.8, 4) is 11.5 Å². The van der Waals surface area contributed by atoms with Crippen molar-refractivity contribution in [3.63, 3.8) is 0 Å². The van der Waals surface area contributed by atoms with Gasteiger partial charge in [-0.3, -0.25) is 14.4 Å². The second-order valence-corrected chi connectivity index (χ2v) is 9.29. The second-order valence-electron chi connectivity index (χ2n) is 9.29. The molecule has 1 aliphatic carbocycles. The lowest BCUT2D eigenvalue weighted by Gasteiger charge is -2.23. The van der Waals surface area contributed by atoms with Crippen LogP contribution in [0.4, 0.5) is 0 Å². The first kappa shape index (κ1) is 26.1. The number of ether oxygens (including phenoxy) is 1. The number of carbonyl (C=O) groups is 3. The highest BCUT2D eigenvalue weighted by Crippen LogP contribution is 2.27. The zero-order chi connectivity index (χ0) is 25.4. The minimum atomic E-state index is -0.798. The van der Waals surface area contributed by atoms with Crippen LogP contribution in [-0.2, 0) is 16.0 Å². The number of primary amides is 1. The van der Waals surface area contributed by atoms with Gasteiger partial charge in [0.1, 0.15) is 17.5 Å². The van der Waals surface area contributed by atoms with Gasteiger partial charge in [0.15, 0.2) is 0 Å². The molecule has 1 aliphatic rings. The molecule has 3 amide bonds. The van der Waals surface area contributed by atoms with E-state index in [0.717, 1.165) is 18.4 Å². The molecule has 0 radical (unpaired) electrons. The Kier molecular flexibility index (Phi) is 9.11. The Morgan fingerprint density at radius 3 is 2.37 bits per heavy atom. The first-order valence-corrected chi connectivity index (χ1v) is 12.1. The molecule has 35 heavy (non-hydrogen) atoms. The molecule has 2 aromatic carbocycles. The van der Waals surface area contributed by atoms with E-state index in [0.29, 0.717) is 23.8 Å². The molecule has 0 bridgehead atoms. The number of hydrogen-bond acceptors (Lipinski definition) is 5. The SMILES string of the molecule is CC(=O)N[C@@H](Cc1ccc(O)cc1)C(=O)NC(C)c1ccc(OCC2CCCCC2)c(C(N)=O)c1. The van der Waals surface area contributed by atoms with Gasteiger partial charge in [-0.05, 0) is 61.1 Å². The fourth-order valence-electron chi connectivity index (χ4n) is 4.42. The summed E-state index contributed by atoms with van der Waals surface area (Å²) in [4.78, 5) is 36.8. The number of benzene rings is 2. The fraction of sp³-hybridized carbons (Fsp3) is 0.444. The lowest BCUT2D eigenvalue weighted by atomic mass is 9.90. The molecule has 0 heterocycles. The first-order chi connectivity index (χ1) is 16.7. The van der Waals surface area contributed by atoms with Crippen LogP contribution in [0, 0.1) is 5.92 Å². The summed E-state index contributed by atoms with van der Waals surface area (Å²) in [7, 11) is 0. The maximum Gasteiger partial charge on any atom is 0.252 e. The van der Waals surface area contributed by atoms with Crippen LogP contribution in [0.5, 0.6) is 11.5 Å². The van der Waals surface area contributed by atoms with Gasteiger partial charge in [0.25, 0.3) is 5.91 Å². The molecule has 0 saturated heterocycles. The molecule has 0 aliphatic heterocycles. The lowest BCUT2D eigenvalue weighted by molar-refractivity contribution is -0.128. The zero-order valence-electron chi connectivity index (χ0n) is 20.4. The van der Waals surface area contributed by atoms with E-state index in [1.165, 1.54) is 38.3 Å². The summed E-state index contributed by atoms with van der Waals surface area (Å²) >= 11 is 0. The third-order valence-corrected chi connectivity index (χ3v) is 6.40. The minimum Gasteiger partial charge on any atom is -0.508 e. The van der Waals surface area contributed by atoms with Crippen molar-refractivity contribution >= 4 is 17.7 Å². The van der Waals surface area contributed by atoms with E-state index in [4.69, 9.17) is 10.5 Å². The number of hydrogen-bond donors (Lipinski definition) is 4. The van der Waals surface area contributed by atoms with Crippen LogP contribution in [0.1, 0.15) is 73.5 Å². The van der Waals surface area contributed by atoms with Gasteiger partial charge in [0.2, 0.25) is 11.8 Å². The number of phenols is 1. The largest absolute Gasteiger partial charge is 0.508 e. The normalized spacial score (nSPS) is 15.6. The van der Waals surface area contributed by atoms with E-state index in [2.05, 4.69) is 10.6 Å². The molecule has 0 spiro atoms. The van der Waals surface area contributed by atoms with Crippen molar-refractivity contribution in [2.24, 2.45) is 11.7 Å². The Bertz CT molecular complexity index is 1030. The van der Waals surface area contributed by atoms with Crippen molar-refractivity contribution in [1.82, 2.24) is 10.6 Å². The number of carbonyl (C=O) groups excluding carboxylic acids is 3. The molecule has 1 unspecified atom stereocenters. The van der Waals surface area contributed by atoms with Gasteiger partial charge in [0.05, 0.1) is 18.2 Å². The summed E-state index contributed by atoms with van der Waals surface area (Å²) in [5.74, 6) is -0.214. The molecule has 188 valence electrons. The molecule has 0 aromatic heterocycles. The van der Waals surface area contributed by atoms with Crippen LogP contribution in [0.3, 0.4) is 0 Å². The maximum absolute atomic E-state index is 13.0. The Balaban J connectivity index is 1.68. The highest BCUT2D eigenvalue weighted by Gasteiger charge is 2.23. The highest BCUT2D eigenvalue weighted by molar-refractivity contribution is 5.96.